The second-order valence-corrected chi connectivity index (χ2v) is 5.96. The van der Waals surface area contributed by atoms with Crippen LogP contribution >= 0.6 is 0 Å². The van der Waals surface area contributed by atoms with Crippen molar-refractivity contribution < 1.29 is 9.59 Å². The molecule has 1 saturated carbocycles. The molecule has 1 aliphatic carbocycles. The van der Waals surface area contributed by atoms with Crippen LogP contribution < -0.4 is 0 Å². The number of rotatable bonds is 2. The second kappa shape index (κ2) is 4.56. The van der Waals surface area contributed by atoms with Crippen LogP contribution in [0.15, 0.2) is 0 Å². The Bertz CT molecular complexity index is 365. The molecule has 0 N–H and O–H groups in total. The van der Waals surface area contributed by atoms with Crippen molar-refractivity contribution in [3.8, 4) is 0 Å². The van der Waals surface area contributed by atoms with E-state index in [4.69, 9.17) is 0 Å². The molecule has 3 rings (SSSR count). The number of amides is 2. The van der Waals surface area contributed by atoms with Gasteiger partial charge in [0, 0.05) is 25.6 Å². The Hall–Kier alpha value is -1.06. The Morgan fingerprint density at radius 2 is 1.89 bits per heavy atom. The normalized spacial score (nSPS) is 31.1. The summed E-state index contributed by atoms with van der Waals surface area (Å²) in [5.74, 6) is 1.07. The maximum Gasteiger partial charge on any atom is 0.245 e. The Morgan fingerprint density at radius 1 is 1.11 bits per heavy atom. The van der Waals surface area contributed by atoms with Gasteiger partial charge in [-0.3, -0.25) is 9.59 Å². The molecular weight excluding hydrogens is 228 g/mol. The van der Waals surface area contributed by atoms with Gasteiger partial charge in [0.05, 0.1) is 0 Å². The third kappa shape index (κ3) is 2.02. The van der Waals surface area contributed by atoms with E-state index in [0.29, 0.717) is 24.9 Å². The van der Waals surface area contributed by atoms with Crippen molar-refractivity contribution in [1.82, 2.24) is 9.80 Å². The molecule has 3 fully saturated rings. The zero-order valence-corrected chi connectivity index (χ0v) is 11.1. The monoisotopic (exact) mass is 250 g/mol. The predicted molar refractivity (Wildman–Crippen MR) is 67.9 cm³/mol. The lowest BCUT2D eigenvalue weighted by Gasteiger charge is -2.36. The van der Waals surface area contributed by atoms with Gasteiger partial charge in [-0.1, -0.05) is 0 Å². The van der Waals surface area contributed by atoms with Gasteiger partial charge in [-0.25, -0.2) is 0 Å². The number of nitrogens with zero attached hydrogens (tertiary/aromatic N) is 2. The highest BCUT2D eigenvalue weighted by atomic mass is 16.2. The van der Waals surface area contributed by atoms with E-state index in [2.05, 4.69) is 6.92 Å². The summed E-state index contributed by atoms with van der Waals surface area (Å²) >= 11 is 0. The highest BCUT2D eigenvalue weighted by Gasteiger charge is 2.42. The Kier molecular flexibility index (Phi) is 3.04. The third-order valence-electron chi connectivity index (χ3n) is 4.75. The smallest absolute Gasteiger partial charge is 0.245 e. The summed E-state index contributed by atoms with van der Waals surface area (Å²) in [7, 11) is 0. The molecule has 4 heteroatoms. The minimum Gasteiger partial charge on any atom is -0.337 e. The van der Waals surface area contributed by atoms with E-state index in [1.807, 2.05) is 9.80 Å². The minimum absolute atomic E-state index is 0.157. The summed E-state index contributed by atoms with van der Waals surface area (Å²) in [5, 5.41) is 0. The Balaban J connectivity index is 1.80. The summed E-state index contributed by atoms with van der Waals surface area (Å²) in [6.07, 6.45) is 5.98. The third-order valence-corrected chi connectivity index (χ3v) is 4.75. The topological polar surface area (TPSA) is 40.6 Å². The average Bonchev–Trinajstić information content (AvgIpc) is 3.22. The molecular formula is C14H22N2O2. The van der Waals surface area contributed by atoms with E-state index in [-0.39, 0.29) is 17.9 Å². The van der Waals surface area contributed by atoms with Crippen molar-refractivity contribution in [2.24, 2.45) is 5.92 Å². The SMILES string of the molecule is CC(C1CC1)N1CCC(=O)N2CCCCC2C1=O. The van der Waals surface area contributed by atoms with Crippen molar-refractivity contribution in [1.29, 1.82) is 0 Å². The van der Waals surface area contributed by atoms with Crippen LogP contribution in [0.3, 0.4) is 0 Å². The maximum absolute atomic E-state index is 12.6. The summed E-state index contributed by atoms with van der Waals surface area (Å²) in [5.41, 5.74) is 0. The van der Waals surface area contributed by atoms with Crippen LogP contribution in [-0.2, 0) is 9.59 Å². The highest BCUT2D eigenvalue weighted by Crippen LogP contribution is 2.36. The molecule has 2 heterocycles. The van der Waals surface area contributed by atoms with E-state index in [1.54, 1.807) is 0 Å². The van der Waals surface area contributed by atoms with Crippen LogP contribution in [0.5, 0.6) is 0 Å². The van der Waals surface area contributed by atoms with Crippen LogP contribution in [0.1, 0.15) is 45.4 Å². The van der Waals surface area contributed by atoms with Crippen molar-refractivity contribution in [3.63, 3.8) is 0 Å². The quantitative estimate of drug-likeness (QED) is 0.743. The average molecular weight is 250 g/mol. The van der Waals surface area contributed by atoms with Crippen LogP contribution in [0.2, 0.25) is 0 Å². The molecule has 2 atom stereocenters. The highest BCUT2D eigenvalue weighted by molar-refractivity contribution is 5.90. The van der Waals surface area contributed by atoms with E-state index in [0.717, 1.165) is 25.8 Å². The minimum atomic E-state index is -0.157. The lowest BCUT2D eigenvalue weighted by Crippen LogP contribution is -2.51. The number of piperidine rings is 1. The number of hydrogen-bond donors (Lipinski definition) is 0. The van der Waals surface area contributed by atoms with Gasteiger partial charge in [-0.15, -0.1) is 0 Å². The zero-order valence-electron chi connectivity index (χ0n) is 11.1. The van der Waals surface area contributed by atoms with E-state index < -0.39 is 0 Å². The molecule has 2 aliphatic heterocycles. The van der Waals surface area contributed by atoms with Gasteiger partial charge in [0.25, 0.3) is 0 Å². The molecule has 100 valence electrons. The number of carbonyl (C=O) groups excluding carboxylic acids is 2. The molecule has 18 heavy (non-hydrogen) atoms. The van der Waals surface area contributed by atoms with Gasteiger partial charge in [0.15, 0.2) is 0 Å². The fraction of sp³-hybridized carbons (Fsp3) is 0.857. The van der Waals surface area contributed by atoms with Gasteiger partial charge in [0.1, 0.15) is 6.04 Å². The van der Waals surface area contributed by atoms with Crippen molar-refractivity contribution >= 4 is 11.8 Å². The molecule has 3 aliphatic rings. The lowest BCUT2D eigenvalue weighted by molar-refractivity contribution is -0.144. The molecule has 2 saturated heterocycles. The summed E-state index contributed by atoms with van der Waals surface area (Å²) in [4.78, 5) is 28.6. The molecule has 2 unspecified atom stereocenters. The first-order chi connectivity index (χ1) is 8.68. The van der Waals surface area contributed by atoms with Crippen LogP contribution in [0.4, 0.5) is 0 Å². The molecule has 0 aromatic heterocycles. The van der Waals surface area contributed by atoms with Gasteiger partial charge in [0.2, 0.25) is 11.8 Å². The van der Waals surface area contributed by atoms with Crippen LogP contribution in [0, 0.1) is 5.92 Å². The lowest BCUT2D eigenvalue weighted by atomic mass is 10.0. The van der Waals surface area contributed by atoms with E-state index >= 15 is 0 Å². The fourth-order valence-corrected chi connectivity index (χ4v) is 3.39. The molecule has 0 bridgehead atoms. The van der Waals surface area contributed by atoms with Gasteiger partial charge < -0.3 is 9.80 Å². The first-order valence-corrected chi connectivity index (χ1v) is 7.28. The maximum atomic E-state index is 12.6. The van der Waals surface area contributed by atoms with Crippen molar-refractivity contribution in [2.75, 3.05) is 13.1 Å². The molecule has 2 amide bonds. The van der Waals surface area contributed by atoms with Gasteiger partial charge in [-0.2, -0.15) is 0 Å². The molecule has 0 radical (unpaired) electrons. The molecule has 0 spiro atoms. The van der Waals surface area contributed by atoms with Gasteiger partial charge in [-0.05, 0) is 44.9 Å². The van der Waals surface area contributed by atoms with Gasteiger partial charge >= 0.3 is 0 Å². The summed E-state index contributed by atoms with van der Waals surface area (Å²) in [6.45, 7) is 3.56. The number of carbonyl (C=O) groups is 2. The van der Waals surface area contributed by atoms with E-state index in [9.17, 15) is 9.59 Å². The van der Waals surface area contributed by atoms with Crippen molar-refractivity contribution in [2.45, 2.75) is 57.5 Å². The van der Waals surface area contributed by atoms with Crippen LogP contribution in [-0.4, -0.2) is 46.8 Å². The number of fused-ring (bicyclic) bond motifs is 1. The summed E-state index contributed by atoms with van der Waals surface area (Å²) < 4.78 is 0. The first kappa shape index (κ1) is 12.0. The zero-order chi connectivity index (χ0) is 12.7. The number of hydrogen-bond acceptors (Lipinski definition) is 2. The standard InChI is InChI=1S/C14H22N2O2/c1-10(11-5-6-11)15-9-7-13(17)16-8-3-2-4-12(16)14(15)18/h10-12H,2-9H2,1H3. The van der Waals surface area contributed by atoms with Crippen molar-refractivity contribution in [3.05, 3.63) is 0 Å². The van der Waals surface area contributed by atoms with Crippen LogP contribution in [0.25, 0.3) is 0 Å². The Labute approximate surface area is 108 Å². The largest absolute Gasteiger partial charge is 0.337 e. The Morgan fingerprint density at radius 3 is 2.61 bits per heavy atom. The molecule has 4 nitrogen and oxygen atoms in total. The van der Waals surface area contributed by atoms with E-state index in [1.165, 1.54) is 12.8 Å². The molecule has 0 aromatic rings. The first-order valence-electron chi connectivity index (χ1n) is 7.28. The fourth-order valence-electron chi connectivity index (χ4n) is 3.39. The molecule has 0 aromatic carbocycles. The second-order valence-electron chi connectivity index (χ2n) is 5.96. The predicted octanol–water partition coefficient (Wildman–Crippen LogP) is 1.40. The summed E-state index contributed by atoms with van der Waals surface area (Å²) in [6, 6.07) is 0.169.